The number of hydrogen-bond donors (Lipinski definition) is 0. The second kappa shape index (κ2) is 6.45. The fourth-order valence-electron chi connectivity index (χ4n) is 8.03. The van der Waals surface area contributed by atoms with Crippen LogP contribution >= 0.6 is 11.6 Å². The van der Waals surface area contributed by atoms with Gasteiger partial charge in [-0.25, -0.2) is 0 Å². The number of halogens is 1. The molecule has 0 aromatic heterocycles. The van der Waals surface area contributed by atoms with Crippen molar-refractivity contribution in [2.24, 2.45) is 41.4 Å². The Balaban J connectivity index is 1.40. The van der Waals surface area contributed by atoms with Crippen LogP contribution in [-0.2, 0) is 0 Å². The molecule has 9 atom stereocenters. The zero-order valence-electron chi connectivity index (χ0n) is 15.4. The Bertz CT molecular complexity index is 514. The van der Waals surface area contributed by atoms with E-state index in [-0.39, 0.29) is 0 Å². The third-order valence-electron chi connectivity index (χ3n) is 9.15. The van der Waals surface area contributed by atoms with Crippen molar-refractivity contribution in [3.05, 3.63) is 11.6 Å². The van der Waals surface area contributed by atoms with Crippen molar-refractivity contribution < 1.29 is 0 Å². The summed E-state index contributed by atoms with van der Waals surface area (Å²) in [6, 6.07) is 0. The molecule has 5 aliphatic carbocycles. The molecule has 0 nitrogen and oxygen atoms in total. The Hall–Kier alpha value is 0.247. The van der Waals surface area contributed by atoms with Crippen LogP contribution in [0.2, 0.25) is 5.54 Å². The maximum absolute atomic E-state index is 6.91. The maximum atomic E-state index is 6.91. The van der Waals surface area contributed by atoms with Crippen LogP contribution in [0.5, 0.6) is 0 Å². The molecule has 0 N–H and O–H groups in total. The first-order valence-corrected chi connectivity index (χ1v) is 12.7. The molecular weight excluding hydrogens is 328 g/mol. The van der Waals surface area contributed by atoms with Crippen molar-refractivity contribution in [1.29, 1.82) is 0 Å². The Morgan fingerprint density at radius 1 is 0.750 bits per heavy atom. The Kier molecular flexibility index (Phi) is 4.41. The van der Waals surface area contributed by atoms with E-state index in [2.05, 4.69) is 6.08 Å². The van der Waals surface area contributed by atoms with Crippen LogP contribution in [-0.4, -0.2) is 15.6 Å². The molecular formula is C22H35ClSi. The van der Waals surface area contributed by atoms with Crippen LogP contribution in [0, 0.1) is 41.4 Å². The van der Waals surface area contributed by atoms with Gasteiger partial charge >= 0.3 is 0 Å². The lowest BCUT2D eigenvalue weighted by Gasteiger charge is -2.55. The van der Waals surface area contributed by atoms with E-state index in [1.54, 1.807) is 25.7 Å². The van der Waals surface area contributed by atoms with E-state index in [9.17, 15) is 0 Å². The minimum absolute atomic E-state index is 0.504. The molecule has 2 heteroatoms. The molecule has 0 amide bonds. The van der Waals surface area contributed by atoms with Crippen molar-refractivity contribution >= 4 is 21.8 Å². The highest BCUT2D eigenvalue weighted by Crippen LogP contribution is 2.59. The average Bonchev–Trinajstić information content (AvgIpc) is 2.63. The highest BCUT2D eigenvalue weighted by Gasteiger charge is 2.50. The van der Waals surface area contributed by atoms with Crippen molar-refractivity contribution in [3.63, 3.8) is 0 Å². The number of alkyl halides is 1. The summed E-state index contributed by atoms with van der Waals surface area (Å²) >= 11 is 6.91. The molecule has 134 valence electrons. The number of hydrogen-bond acceptors (Lipinski definition) is 0. The summed E-state index contributed by atoms with van der Waals surface area (Å²) in [6.07, 6.45) is 19.3. The van der Waals surface area contributed by atoms with E-state index in [0.717, 1.165) is 47.0 Å². The first kappa shape index (κ1) is 16.4. The summed E-state index contributed by atoms with van der Waals surface area (Å²) < 4.78 is 0. The molecule has 0 aromatic carbocycles. The van der Waals surface area contributed by atoms with Crippen LogP contribution < -0.4 is 0 Å². The third kappa shape index (κ3) is 2.51. The van der Waals surface area contributed by atoms with Gasteiger partial charge in [0.1, 0.15) is 0 Å². The van der Waals surface area contributed by atoms with E-state index < -0.39 is 0 Å². The molecule has 0 aliphatic heterocycles. The van der Waals surface area contributed by atoms with Gasteiger partial charge in [-0.2, -0.15) is 0 Å². The van der Waals surface area contributed by atoms with Gasteiger partial charge in [0.25, 0.3) is 0 Å². The Morgan fingerprint density at radius 3 is 2.42 bits per heavy atom. The van der Waals surface area contributed by atoms with Gasteiger partial charge in [0.05, 0.1) is 0 Å². The smallest absolute Gasteiger partial charge is 0.0366 e. The van der Waals surface area contributed by atoms with E-state index >= 15 is 0 Å². The molecule has 0 bridgehead atoms. The third-order valence-corrected chi connectivity index (χ3v) is 11.6. The van der Waals surface area contributed by atoms with Crippen molar-refractivity contribution in [2.75, 3.05) is 0 Å². The largest absolute Gasteiger partial charge is 0.123 e. The molecule has 5 aliphatic rings. The molecule has 24 heavy (non-hydrogen) atoms. The number of allylic oxidation sites excluding steroid dienone is 2. The van der Waals surface area contributed by atoms with Gasteiger partial charge in [-0.3, -0.25) is 0 Å². The van der Waals surface area contributed by atoms with Gasteiger partial charge in [-0.15, -0.1) is 11.6 Å². The molecule has 0 radical (unpaired) electrons. The molecule has 0 saturated heterocycles. The molecule has 4 fully saturated rings. The van der Waals surface area contributed by atoms with Gasteiger partial charge < -0.3 is 0 Å². The monoisotopic (exact) mass is 362 g/mol. The summed E-state index contributed by atoms with van der Waals surface area (Å²) in [6.45, 7) is 0. The van der Waals surface area contributed by atoms with Crippen LogP contribution in [0.25, 0.3) is 0 Å². The van der Waals surface area contributed by atoms with Crippen LogP contribution in [0.1, 0.15) is 70.6 Å². The van der Waals surface area contributed by atoms with Gasteiger partial charge in [0.15, 0.2) is 0 Å². The van der Waals surface area contributed by atoms with Crippen molar-refractivity contribution in [2.45, 2.75) is 81.5 Å². The maximum Gasteiger partial charge on any atom is 0.0366 e. The predicted octanol–water partition coefficient (Wildman–Crippen LogP) is 5.35. The van der Waals surface area contributed by atoms with Crippen LogP contribution in [0.15, 0.2) is 11.6 Å². The van der Waals surface area contributed by atoms with E-state index in [1.807, 2.05) is 5.57 Å². The molecule has 4 saturated carbocycles. The lowest BCUT2D eigenvalue weighted by molar-refractivity contribution is 0.0108. The van der Waals surface area contributed by atoms with Crippen molar-refractivity contribution in [3.8, 4) is 0 Å². The highest BCUT2D eigenvalue weighted by molar-refractivity contribution is 6.26. The molecule has 7 unspecified atom stereocenters. The quantitative estimate of drug-likeness (QED) is 0.309. The first-order chi connectivity index (χ1) is 11.7. The predicted molar refractivity (Wildman–Crippen MR) is 107 cm³/mol. The van der Waals surface area contributed by atoms with E-state index in [0.29, 0.717) is 5.38 Å². The molecule has 0 heterocycles. The topological polar surface area (TPSA) is 0 Å². The summed E-state index contributed by atoms with van der Waals surface area (Å²) in [4.78, 5) is 0. The second-order valence-corrected chi connectivity index (χ2v) is 12.0. The van der Waals surface area contributed by atoms with E-state index in [4.69, 9.17) is 11.6 Å². The van der Waals surface area contributed by atoms with Gasteiger partial charge in [-0.05, 0) is 91.9 Å². The highest BCUT2D eigenvalue weighted by atomic mass is 35.5. The number of fused-ring (bicyclic) bond motifs is 7. The lowest BCUT2D eigenvalue weighted by Crippen LogP contribution is -2.47. The zero-order valence-corrected chi connectivity index (χ0v) is 18.2. The standard InChI is InChI=1S/C22H35ClSi/c23-22-20-10-9-17-16-6-5-13-3-1-2-4-14(13)15(16)7-8-18(17)19(20)11-12-21(22)24/h8,13-17,19-22H,1-7,9-12H2,24H3/t13?,14?,15?,16?,17?,19?,20?,21-,22+/m0/s1. The summed E-state index contributed by atoms with van der Waals surface area (Å²) in [5.74, 6) is 6.95. The van der Waals surface area contributed by atoms with Crippen LogP contribution in [0.3, 0.4) is 0 Å². The average molecular weight is 363 g/mol. The SMILES string of the molecule is [SiH3][C@H]1CCC2C3=CCC4C5CCCCC5CCC4C3CCC2[C@H]1Cl. The number of rotatable bonds is 0. The summed E-state index contributed by atoms with van der Waals surface area (Å²) in [7, 11) is 1.30. The lowest BCUT2D eigenvalue weighted by atomic mass is 9.51. The van der Waals surface area contributed by atoms with Gasteiger partial charge in [0.2, 0.25) is 0 Å². The van der Waals surface area contributed by atoms with Crippen LogP contribution in [0.4, 0.5) is 0 Å². The van der Waals surface area contributed by atoms with E-state index in [1.165, 1.54) is 55.2 Å². The summed E-state index contributed by atoms with van der Waals surface area (Å²) in [5, 5.41) is 0.504. The minimum Gasteiger partial charge on any atom is -0.123 e. The minimum atomic E-state index is 0.504. The van der Waals surface area contributed by atoms with Gasteiger partial charge in [0, 0.05) is 15.6 Å². The first-order valence-electron chi connectivity index (χ1n) is 11.1. The van der Waals surface area contributed by atoms with Crippen molar-refractivity contribution in [1.82, 2.24) is 0 Å². The Labute approximate surface area is 156 Å². The van der Waals surface area contributed by atoms with Gasteiger partial charge in [-0.1, -0.05) is 37.3 Å². The Morgan fingerprint density at radius 2 is 1.50 bits per heavy atom. The molecule has 5 rings (SSSR count). The summed E-state index contributed by atoms with van der Waals surface area (Å²) in [5.41, 5.74) is 2.79. The fraction of sp³-hybridized carbons (Fsp3) is 0.909. The molecule has 0 aromatic rings. The fourth-order valence-corrected chi connectivity index (χ4v) is 9.28. The second-order valence-electron chi connectivity index (χ2n) is 10.0. The zero-order chi connectivity index (χ0) is 16.3. The normalized spacial score (nSPS) is 54.0. The molecule has 0 spiro atoms.